The number of aryl methyl sites for hydroxylation is 1. The summed E-state index contributed by atoms with van der Waals surface area (Å²) in [6, 6.07) is 3.07. The van der Waals surface area contributed by atoms with Gasteiger partial charge in [-0.15, -0.1) is 0 Å². The number of carbonyl (C=O) groups excluding carboxylic acids is 1. The van der Waals surface area contributed by atoms with Gasteiger partial charge in [0.15, 0.2) is 0 Å². The van der Waals surface area contributed by atoms with E-state index in [4.69, 9.17) is 0 Å². The molecule has 0 bridgehead atoms. The lowest BCUT2D eigenvalue weighted by atomic mass is 10.3. The summed E-state index contributed by atoms with van der Waals surface area (Å²) in [5.41, 5.74) is 0.117. The number of pyridine rings is 1. The van der Waals surface area contributed by atoms with Gasteiger partial charge in [-0.3, -0.25) is 0 Å². The SMILES string of the molecule is Cn1ccnc1CSc1ncccc1C(=O)[O-]. The number of carboxylic acid groups (broad SMARTS) is 1. The summed E-state index contributed by atoms with van der Waals surface area (Å²) in [5, 5.41) is 11.3. The van der Waals surface area contributed by atoms with Crippen LogP contribution in [0.1, 0.15) is 16.2 Å². The Kier molecular flexibility index (Phi) is 3.43. The first-order valence-electron chi connectivity index (χ1n) is 4.94. The van der Waals surface area contributed by atoms with Crippen LogP contribution in [0, 0.1) is 0 Å². The minimum absolute atomic E-state index is 0.117. The van der Waals surface area contributed by atoms with Gasteiger partial charge in [0.05, 0.1) is 11.7 Å². The Bertz CT molecular complexity index is 539. The third kappa shape index (κ3) is 2.65. The number of carbonyl (C=O) groups is 1. The van der Waals surface area contributed by atoms with E-state index in [1.807, 2.05) is 17.8 Å². The summed E-state index contributed by atoms with van der Waals surface area (Å²) in [6.07, 6.45) is 5.11. The van der Waals surface area contributed by atoms with Crippen LogP contribution in [0.3, 0.4) is 0 Å². The van der Waals surface area contributed by atoms with E-state index in [1.54, 1.807) is 18.5 Å². The second-order valence-electron chi connectivity index (χ2n) is 3.39. The van der Waals surface area contributed by atoms with Gasteiger partial charge in [0.1, 0.15) is 10.9 Å². The standard InChI is InChI=1S/C11H11N3O2S/c1-14-6-5-12-9(14)7-17-10-8(11(15)16)3-2-4-13-10/h2-6H,7H2,1H3,(H,15,16)/p-1. The van der Waals surface area contributed by atoms with Crippen molar-refractivity contribution in [3.8, 4) is 0 Å². The third-order valence-corrected chi connectivity index (χ3v) is 3.25. The Balaban J connectivity index is 2.14. The molecule has 2 aromatic rings. The number of nitrogens with zero attached hydrogens (tertiary/aromatic N) is 3. The fraction of sp³-hybridized carbons (Fsp3) is 0.182. The van der Waals surface area contributed by atoms with Gasteiger partial charge >= 0.3 is 0 Å². The molecule has 6 heteroatoms. The molecule has 5 nitrogen and oxygen atoms in total. The molecule has 17 heavy (non-hydrogen) atoms. The summed E-state index contributed by atoms with van der Waals surface area (Å²) < 4.78 is 1.88. The van der Waals surface area contributed by atoms with E-state index < -0.39 is 5.97 Å². The quantitative estimate of drug-likeness (QED) is 0.736. The molecule has 0 aliphatic carbocycles. The van der Waals surface area contributed by atoms with Crippen LogP contribution < -0.4 is 5.11 Å². The summed E-state index contributed by atoms with van der Waals surface area (Å²) in [6.45, 7) is 0. The topological polar surface area (TPSA) is 70.8 Å². The van der Waals surface area contributed by atoms with Gasteiger partial charge in [-0.05, 0) is 12.1 Å². The molecule has 0 aliphatic heterocycles. The molecule has 0 N–H and O–H groups in total. The van der Waals surface area contributed by atoms with Crippen LogP contribution in [0.5, 0.6) is 0 Å². The maximum Gasteiger partial charge on any atom is 0.118 e. The number of aromatic nitrogens is 3. The van der Waals surface area contributed by atoms with Crippen LogP contribution >= 0.6 is 11.8 Å². The van der Waals surface area contributed by atoms with Crippen LogP contribution in [-0.2, 0) is 12.8 Å². The Morgan fingerprint density at radius 3 is 2.94 bits per heavy atom. The molecule has 0 saturated carbocycles. The van der Waals surface area contributed by atoms with E-state index in [9.17, 15) is 9.90 Å². The lowest BCUT2D eigenvalue weighted by Crippen LogP contribution is -2.23. The van der Waals surface area contributed by atoms with Crippen molar-refractivity contribution in [3.05, 3.63) is 42.1 Å². The monoisotopic (exact) mass is 248 g/mol. The van der Waals surface area contributed by atoms with Crippen molar-refractivity contribution >= 4 is 17.7 Å². The molecule has 0 aliphatic rings. The van der Waals surface area contributed by atoms with Crippen LogP contribution in [0.15, 0.2) is 35.7 Å². The fourth-order valence-corrected chi connectivity index (χ4v) is 2.32. The molecular formula is C11H10N3O2S-. The number of imidazole rings is 1. The lowest BCUT2D eigenvalue weighted by molar-refractivity contribution is -0.255. The summed E-state index contributed by atoms with van der Waals surface area (Å²) in [5.74, 6) is 0.228. The molecule has 2 aromatic heterocycles. The first kappa shape index (κ1) is 11.7. The number of rotatable bonds is 4. The molecule has 0 fully saturated rings. The van der Waals surface area contributed by atoms with Crippen molar-refractivity contribution in [2.45, 2.75) is 10.8 Å². The molecule has 88 valence electrons. The summed E-state index contributed by atoms with van der Waals surface area (Å²) in [7, 11) is 1.89. The van der Waals surface area contributed by atoms with E-state index in [0.717, 1.165) is 5.82 Å². The molecule has 0 aromatic carbocycles. The third-order valence-electron chi connectivity index (χ3n) is 2.25. The maximum atomic E-state index is 10.9. The number of hydrogen-bond acceptors (Lipinski definition) is 5. The van der Waals surface area contributed by atoms with Gasteiger partial charge in [-0.25, -0.2) is 9.97 Å². The second-order valence-corrected chi connectivity index (χ2v) is 4.35. The molecule has 0 unspecified atom stereocenters. The van der Waals surface area contributed by atoms with Crippen LogP contribution in [0.2, 0.25) is 0 Å². The maximum absolute atomic E-state index is 10.9. The Hall–Kier alpha value is -1.82. The molecule has 2 rings (SSSR count). The number of hydrogen-bond donors (Lipinski definition) is 0. The van der Waals surface area contributed by atoms with Crippen LogP contribution in [0.25, 0.3) is 0 Å². The summed E-state index contributed by atoms with van der Waals surface area (Å²) in [4.78, 5) is 19.1. The predicted octanol–water partition coefficient (Wildman–Crippen LogP) is 0.471. The van der Waals surface area contributed by atoms with Crippen molar-refractivity contribution in [3.63, 3.8) is 0 Å². The molecular weight excluding hydrogens is 238 g/mol. The van der Waals surface area contributed by atoms with E-state index in [1.165, 1.54) is 17.8 Å². The minimum atomic E-state index is -1.21. The highest BCUT2D eigenvalue weighted by molar-refractivity contribution is 7.98. The normalized spacial score (nSPS) is 10.4. The number of thioether (sulfide) groups is 1. The average Bonchev–Trinajstić information content (AvgIpc) is 2.72. The van der Waals surface area contributed by atoms with Crippen LogP contribution in [-0.4, -0.2) is 20.5 Å². The molecule has 2 heterocycles. The first-order chi connectivity index (χ1) is 8.18. The molecule has 0 atom stereocenters. The molecule has 0 radical (unpaired) electrons. The van der Waals surface area contributed by atoms with Crippen molar-refractivity contribution in [1.29, 1.82) is 0 Å². The zero-order chi connectivity index (χ0) is 12.3. The van der Waals surface area contributed by atoms with Gasteiger partial charge in [0.25, 0.3) is 0 Å². The molecule has 0 spiro atoms. The summed E-state index contributed by atoms with van der Waals surface area (Å²) >= 11 is 1.33. The van der Waals surface area contributed by atoms with Gasteiger partial charge in [0, 0.05) is 31.2 Å². The van der Waals surface area contributed by atoms with Crippen molar-refractivity contribution in [2.75, 3.05) is 0 Å². The van der Waals surface area contributed by atoms with Gasteiger partial charge in [-0.1, -0.05) is 11.8 Å². The van der Waals surface area contributed by atoms with Crippen molar-refractivity contribution in [2.24, 2.45) is 7.05 Å². The zero-order valence-corrected chi connectivity index (χ0v) is 9.98. The zero-order valence-electron chi connectivity index (χ0n) is 9.16. The Morgan fingerprint density at radius 2 is 2.29 bits per heavy atom. The van der Waals surface area contributed by atoms with Gasteiger partial charge < -0.3 is 14.5 Å². The highest BCUT2D eigenvalue weighted by Crippen LogP contribution is 2.22. The molecule has 0 amide bonds. The van der Waals surface area contributed by atoms with E-state index >= 15 is 0 Å². The highest BCUT2D eigenvalue weighted by atomic mass is 32.2. The lowest BCUT2D eigenvalue weighted by Gasteiger charge is -2.08. The smallest absolute Gasteiger partial charge is 0.118 e. The van der Waals surface area contributed by atoms with Crippen molar-refractivity contribution in [1.82, 2.24) is 14.5 Å². The largest absolute Gasteiger partial charge is 0.545 e. The average molecular weight is 248 g/mol. The molecule has 0 saturated heterocycles. The number of aromatic carboxylic acids is 1. The van der Waals surface area contributed by atoms with E-state index in [0.29, 0.717) is 10.8 Å². The fourth-order valence-electron chi connectivity index (χ4n) is 1.33. The van der Waals surface area contributed by atoms with E-state index in [-0.39, 0.29) is 5.56 Å². The predicted molar refractivity (Wildman–Crippen MR) is 61.3 cm³/mol. The Morgan fingerprint density at radius 1 is 1.47 bits per heavy atom. The first-order valence-corrected chi connectivity index (χ1v) is 5.92. The van der Waals surface area contributed by atoms with Gasteiger partial charge in [0.2, 0.25) is 0 Å². The highest BCUT2D eigenvalue weighted by Gasteiger charge is 2.07. The Labute approximate surface area is 103 Å². The van der Waals surface area contributed by atoms with Crippen molar-refractivity contribution < 1.29 is 9.90 Å². The minimum Gasteiger partial charge on any atom is -0.545 e. The van der Waals surface area contributed by atoms with Gasteiger partial charge in [-0.2, -0.15) is 0 Å². The number of carboxylic acids is 1. The van der Waals surface area contributed by atoms with Crippen LogP contribution in [0.4, 0.5) is 0 Å². The second kappa shape index (κ2) is 5.01. The van der Waals surface area contributed by atoms with E-state index in [2.05, 4.69) is 9.97 Å².